The summed E-state index contributed by atoms with van der Waals surface area (Å²) in [5.41, 5.74) is 8.82. The topological polar surface area (TPSA) is 152 Å². The van der Waals surface area contributed by atoms with Crippen molar-refractivity contribution >= 4 is 57.8 Å². The summed E-state index contributed by atoms with van der Waals surface area (Å²) in [5, 5.41) is 19.5. The molecule has 6 aromatic rings. The predicted molar refractivity (Wildman–Crippen MR) is 231 cm³/mol. The fourth-order valence-corrected chi connectivity index (χ4v) is 5.56. The molecule has 3 heterocycles. The number of alkyl halides is 1. The monoisotopic (exact) mass is 960 g/mol. The number of hydrogen-bond donors (Lipinski definition) is 4. The maximum atomic E-state index is 10.4. The van der Waals surface area contributed by atoms with Crippen LogP contribution in [-0.4, -0.2) is 53.5 Å². The van der Waals surface area contributed by atoms with Crippen LogP contribution in [0.2, 0.25) is 0 Å². The van der Waals surface area contributed by atoms with E-state index in [1.165, 1.54) is 27.5 Å². The summed E-state index contributed by atoms with van der Waals surface area (Å²) in [4.78, 5) is 20.3. The Balaban J connectivity index is 0.000000252. The third-order valence-corrected chi connectivity index (χ3v) is 8.29. The van der Waals surface area contributed by atoms with Gasteiger partial charge in [0.25, 0.3) is 0 Å². The zero-order valence-corrected chi connectivity index (χ0v) is 34.6. The van der Waals surface area contributed by atoms with Gasteiger partial charge in [-0.1, -0.05) is 114 Å². The number of furan rings is 3. The first kappa shape index (κ1) is 46.3. The molecular weight excluding hydrogens is 910 g/mol. The molecule has 9 nitrogen and oxygen atoms in total. The molecule has 3 aromatic carbocycles. The number of aliphatic hydroxyl groups is 2. The second-order valence-electron chi connectivity index (χ2n) is 11.4. The number of halogens is 2. The van der Waals surface area contributed by atoms with Gasteiger partial charge >= 0.3 is 0 Å². The summed E-state index contributed by atoms with van der Waals surface area (Å²) in [6.07, 6.45) is 6.29. The fourth-order valence-electron chi connectivity index (χ4n) is 4.50. The second-order valence-corrected chi connectivity index (χ2v) is 13.5. The van der Waals surface area contributed by atoms with E-state index in [0.717, 1.165) is 53.0 Å². The fraction of sp³-hybridized carbons (Fsp3) is 0.256. The number of aliphatic hydroxyl groups excluding tert-OH is 2. The molecule has 54 heavy (non-hydrogen) atoms. The largest absolute Gasteiger partial charge is 0.465 e. The number of rotatable bonds is 15. The van der Waals surface area contributed by atoms with Gasteiger partial charge in [-0.05, 0) is 94.9 Å². The highest BCUT2D eigenvalue weighted by atomic mass is 127. The van der Waals surface area contributed by atoms with Crippen molar-refractivity contribution in [3.63, 3.8) is 0 Å². The van der Waals surface area contributed by atoms with E-state index in [4.69, 9.17) is 29.2 Å². The van der Waals surface area contributed by atoms with Gasteiger partial charge in [-0.15, -0.1) is 0 Å². The van der Waals surface area contributed by atoms with Crippen LogP contribution in [-0.2, 0) is 38.6 Å². The molecule has 5 N–H and O–H groups in total. The minimum atomic E-state index is 0.0972. The normalized spacial score (nSPS) is 9.87. The molecule has 0 saturated carbocycles. The molecule has 0 saturated heterocycles. The number of benzene rings is 3. The van der Waals surface area contributed by atoms with E-state index in [1.54, 1.807) is 18.2 Å². The number of nitrogens with two attached hydrogens (primary N) is 1. The van der Waals surface area contributed by atoms with Crippen LogP contribution in [0.15, 0.2) is 141 Å². The van der Waals surface area contributed by atoms with Gasteiger partial charge in [-0.2, -0.15) is 0 Å². The summed E-state index contributed by atoms with van der Waals surface area (Å²) in [6.45, 7) is 1.90. The van der Waals surface area contributed by atoms with E-state index in [9.17, 15) is 9.59 Å². The molecule has 0 aliphatic heterocycles. The summed E-state index contributed by atoms with van der Waals surface area (Å²) >= 11 is 4.39. The number of nitrogens with one attached hydrogen (secondary N) is 1. The molecule has 0 aliphatic rings. The van der Waals surface area contributed by atoms with Crippen molar-refractivity contribution in [3.8, 4) is 0 Å². The van der Waals surface area contributed by atoms with E-state index >= 15 is 0 Å². The number of carbonyl (C=O) groups excluding carboxylic acids is 2. The summed E-state index contributed by atoms with van der Waals surface area (Å²) in [7, 11) is 0. The summed E-state index contributed by atoms with van der Waals surface area (Å²) in [5.74, 6) is 3.58. The molecule has 0 bridgehead atoms. The van der Waals surface area contributed by atoms with E-state index in [0.29, 0.717) is 37.4 Å². The molecule has 288 valence electrons. The smallest absolute Gasteiger partial charge is 0.185 e. The molecular formula is C43H50I2N2O7. The molecule has 0 fully saturated rings. The number of hydrogen-bond acceptors (Lipinski definition) is 9. The van der Waals surface area contributed by atoms with E-state index in [2.05, 4.69) is 94.6 Å². The van der Waals surface area contributed by atoms with Gasteiger partial charge in [0, 0.05) is 30.4 Å². The number of aldehydes is 2. The average molecular weight is 961 g/mol. The molecule has 0 amide bonds. The lowest BCUT2D eigenvalue weighted by Crippen LogP contribution is -2.16. The predicted octanol–water partition coefficient (Wildman–Crippen LogP) is 8.32. The Morgan fingerprint density at radius 3 is 1.41 bits per heavy atom. The van der Waals surface area contributed by atoms with Gasteiger partial charge in [-0.25, -0.2) is 0 Å². The number of aryl methyl sites for hydroxylation is 5. The molecule has 11 heteroatoms. The molecule has 0 spiro atoms. The van der Waals surface area contributed by atoms with Crippen LogP contribution in [0.4, 0.5) is 0 Å². The minimum absolute atomic E-state index is 0.0972. The van der Waals surface area contributed by atoms with Crippen molar-refractivity contribution in [2.45, 2.75) is 38.6 Å². The maximum Gasteiger partial charge on any atom is 0.185 e. The first-order valence-corrected chi connectivity index (χ1v) is 20.2. The Morgan fingerprint density at radius 1 is 0.556 bits per heavy atom. The minimum Gasteiger partial charge on any atom is -0.465 e. The van der Waals surface area contributed by atoms with Crippen LogP contribution >= 0.6 is 45.2 Å². The van der Waals surface area contributed by atoms with E-state index in [1.807, 2.05) is 65.1 Å². The molecule has 0 radical (unpaired) electrons. The Morgan fingerprint density at radius 2 is 1.00 bits per heavy atom. The highest BCUT2D eigenvalue weighted by Gasteiger charge is 2.03. The Kier molecular flexibility index (Phi) is 26.1. The Bertz CT molecular complexity index is 1770. The molecule has 3 aromatic heterocycles. The third kappa shape index (κ3) is 21.7. The maximum absolute atomic E-state index is 10.4. The van der Waals surface area contributed by atoms with Crippen molar-refractivity contribution in [1.29, 1.82) is 0 Å². The first-order valence-electron chi connectivity index (χ1n) is 17.6. The molecule has 0 aliphatic carbocycles. The van der Waals surface area contributed by atoms with Gasteiger partial charge < -0.3 is 34.5 Å². The third-order valence-electron chi connectivity index (χ3n) is 7.17. The summed E-state index contributed by atoms with van der Waals surface area (Å²) < 4.78 is 17.8. The number of carbonyl (C=O) groups is 2. The van der Waals surface area contributed by atoms with Crippen LogP contribution in [0.5, 0.6) is 0 Å². The van der Waals surface area contributed by atoms with Crippen molar-refractivity contribution in [2.75, 3.05) is 30.7 Å². The van der Waals surface area contributed by atoms with Crippen molar-refractivity contribution in [1.82, 2.24) is 5.32 Å². The van der Waals surface area contributed by atoms with Crippen LogP contribution in [0.3, 0.4) is 0 Å². The average Bonchev–Trinajstić information content (AvgIpc) is 4.00. The van der Waals surface area contributed by atoms with E-state index < -0.39 is 0 Å². The van der Waals surface area contributed by atoms with Crippen LogP contribution < -0.4 is 11.1 Å². The highest BCUT2D eigenvalue weighted by molar-refractivity contribution is 14.1. The van der Waals surface area contributed by atoms with Crippen molar-refractivity contribution < 1.29 is 33.1 Å². The Labute approximate surface area is 345 Å². The SMILES string of the molecule is ICCc1ccccc1.NCCO.O=Cc1ccc(CCc2ccccc2)o1.O=Cc1ccc(I)o1.OCCNCc1ccc(CCc2ccccc2)o1. The molecule has 0 unspecified atom stereocenters. The van der Waals surface area contributed by atoms with Gasteiger partial charge in [0.15, 0.2) is 27.9 Å². The van der Waals surface area contributed by atoms with Crippen LogP contribution in [0.25, 0.3) is 0 Å². The van der Waals surface area contributed by atoms with Gasteiger partial charge in [0.2, 0.25) is 0 Å². The zero-order valence-electron chi connectivity index (χ0n) is 30.3. The van der Waals surface area contributed by atoms with E-state index in [-0.39, 0.29) is 13.2 Å². The zero-order chi connectivity index (χ0) is 39.1. The van der Waals surface area contributed by atoms with Gasteiger partial charge in [-0.3, -0.25) is 9.59 Å². The standard InChI is InChI=1S/C15H19NO2.C13H12O2.C8H9I.C5H3IO2.C2H7NO/c17-11-10-16-12-15-9-8-14(18-15)7-6-13-4-2-1-3-5-13;14-10-13-9-8-12(15-13)7-6-11-4-2-1-3-5-11;9-7-6-8-4-2-1-3-5-8;6-5-2-1-4(3-7)8-5;3-1-2-4/h1-5,8-9,16-17H,6-7,10-12H2;1-5,8-10H,6-7H2;1-5H,6-7H2;1-3H;4H,1-3H2. The lowest BCUT2D eigenvalue weighted by molar-refractivity contribution is 0.109. The second kappa shape index (κ2) is 30.5. The van der Waals surface area contributed by atoms with Crippen LogP contribution in [0.1, 0.15) is 55.1 Å². The first-order chi connectivity index (χ1) is 26.4. The summed E-state index contributed by atoms with van der Waals surface area (Å²) in [6, 6.07) is 42.1. The molecule has 6 rings (SSSR count). The lowest BCUT2D eigenvalue weighted by atomic mass is 10.1. The van der Waals surface area contributed by atoms with Gasteiger partial charge in [0.05, 0.1) is 19.8 Å². The van der Waals surface area contributed by atoms with Crippen LogP contribution in [0, 0.1) is 3.77 Å². The molecule has 0 atom stereocenters. The quantitative estimate of drug-likeness (QED) is 0.0345. The Hall–Kier alpha value is -3.86. The van der Waals surface area contributed by atoms with Gasteiger partial charge in [0.1, 0.15) is 17.3 Å². The highest BCUT2D eigenvalue weighted by Crippen LogP contribution is 2.12. The van der Waals surface area contributed by atoms with Crippen molar-refractivity contribution in [2.24, 2.45) is 5.73 Å². The van der Waals surface area contributed by atoms with Crippen molar-refractivity contribution in [3.05, 3.63) is 177 Å². The lowest BCUT2D eigenvalue weighted by Gasteiger charge is -2.00.